The second-order valence-electron chi connectivity index (χ2n) is 6.77. The van der Waals surface area contributed by atoms with Crippen molar-refractivity contribution < 1.29 is 9.59 Å². The van der Waals surface area contributed by atoms with Gasteiger partial charge in [0, 0.05) is 18.7 Å². The van der Waals surface area contributed by atoms with Crippen molar-refractivity contribution in [3.8, 4) is 0 Å². The lowest BCUT2D eigenvalue weighted by atomic mass is 10.0. The maximum absolute atomic E-state index is 12.4. The molecule has 1 fully saturated rings. The summed E-state index contributed by atoms with van der Waals surface area (Å²) in [6, 6.07) is 16.8. The summed E-state index contributed by atoms with van der Waals surface area (Å²) < 4.78 is 0. The summed E-state index contributed by atoms with van der Waals surface area (Å²) in [6.45, 7) is 2.68. The van der Waals surface area contributed by atoms with Gasteiger partial charge in [-0.25, -0.2) is 0 Å². The summed E-state index contributed by atoms with van der Waals surface area (Å²) in [5.41, 5.74) is 8.95. The Kier molecular flexibility index (Phi) is 5.68. The number of carbonyl (C=O) groups is 2. The lowest BCUT2D eigenvalue weighted by Crippen LogP contribution is -2.43. The van der Waals surface area contributed by atoms with Crippen molar-refractivity contribution in [1.29, 1.82) is 0 Å². The average Bonchev–Trinajstić information content (AvgIpc) is 3.08. The van der Waals surface area contributed by atoms with Gasteiger partial charge in [-0.1, -0.05) is 42.5 Å². The van der Waals surface area contributed by atoms with Crippen molar-refractivity contribution in [2.45, 2.75) is 38.3 Å². The summed E-state index contributed by atoms with van der Waals surface area (Å²) >= 11 is 0. The number of anilines is 1. The molecular formula is C21H25N3O2. The minimum Gasteiger partial charge on any atom is -0.348 e. The first-order chi connectivity index (χ1) is 12.5. The molecule has 2 atom stereocenters. The third-order valence-electron chi connectivity index (χ3n) is 4.75. The van der Waals surface area contributed by atoms with Crippen LogP contribution in [0.1, 0.15) is 36.9 Å². The largest absolute Gasteiger partial charge is 0.348 e. The van der Waals surface area contributed by atoms with Crippen molar-refractivity contribution in [2.75, 3.05) is 11.4 Å². The maximum atomic E-state index is 12.4. The summed E-state index contributed by atoms with van der Waals surface area (Å²) in [4.78, 5) is 26.2. The molecule has 0 aromatic heterocycles. The predicted octanol–water partition coefficient (Wildman–Crippen LogP) is 2.56. The van der Waals surface area contributed by atoms with E-state index in [4.69, 9.17) is 5.73 Å². The number of benzene rings is 2. The molecule has 3 rings (SSSR count). The van der Waals surface area contributed by atoms with Crippen LogP contribution in [0.25, 0.3) is 0 Å². The molecule has 26 heavy (non-hydrogen) atoms. The Morgan fingerprint density at radius 3 is 2.65 bits per heavy atom. The molecule has 5 nitrogen and oxygen atoms in total. The van der Waals surface area contributed by atoms with Gasteiger partial charge < -0.3 is 16.0 Å². The lowest BCUT2D eigenvalue weighted by Gasteiger charge is -2.21. The van der Waals surface area contributed by atoms with Gasteiger partial charge >= 0.3 is 0 Å². The van der Waals surface area contributed by atoms with Crippen LogP contribution >= 0.6 is 0 Å². The van der Waals surface area contributed by atoms with E-state index in [1.54, 1.807) is 4.90 Å². The van der Waals surface area contributed by atoms with Crippen molar-refractivity contribution in [2.24, 2.45) is 5.73 Å². The minimum absolute atomic E-state index is 0.156. The minimum atomic E-state index is -0.594. The highest BCUT2D eigenvalue weighted by Crippen LogP contribution is 2.24. The van der Waals surface area contributed by atoms with Crippen molar-refractivity contribution >= 4 is 17.5 Å². The normalized spacial score (nSPS) is 16.4. The third-order valence-corrected chi connectivity index (χ3v) is 4.75. The number of nitrogens with two attached hydrogens (primary N) is 1. The zero-order valence-corrected chi connectivity index (χ0v) is 15.0. The Balaban J connectivity index is 1.63. The van der Waals surface area contributed by atoms with Gasteiger partial charge in [0.05, 0.1) is 12.1 Å². The number of rotatable bonds is 6. The molecular weight excluding hydrogens is 326 g/mol. The quantitative estimate of drug-likeness (QED) is 0.840. The molecule has 0 radical (unpaired) electrons. The molecule has 2 aromatic carbocycles. The van der Waals surface area contributed by atoms with E-state index in [2.05, 4.69) is 5.32 Å². The Hall–Kier alpha value is -2.66. The van der Waals surface area contributed by atoms with Gasteiger partial charge in [-0.3, -0.25) is 9.59 Å². The summed E-state index contributed by atoms with van der Waals surface area (Å²) in [6.07, 6.45) is 2.00. The number of amides is 2. The van der Waals surface area contributed by atoms with Crippen molar-refractivity contribution in [1.82, 2.24) is 5.32 Å². The van der Waals surface area contributed by atoms with Gasteiger partial charge in [0.15, 0.2) is 0 Å². The van der Waals surface area contributed by atoms with E-state index in [-0.39, 0.29) is 17.9 Å². The fourth-order valence-corrected chi connectivity index (χ4v) is 3.25. The first-order valence-corrected chi connectivity index (χ1v) is 9.05. The smallest absolute Gasteiger partial charge is 0.237 e. The van der Waals surface area contributed by atoms with E-state index in [1.165, 1.54) is 0 Å². The zero-order valence-electron chi connectivity index (χ0n) is 15.0. The molecule has 2 aromatic rings. The van der Waals surface area contributed by atoms with E-state index in [0.29, 0.717) is 12.8 Å². The van der Waals surface area contributed by atoms with Gasteiger partial charge in [0.2, 0.25) is 11.8 Å². The highest BCUT2D eigenvalue weighted by molar-refractivity contribution is 5.95. The molecule has 5 heteroatoms. The highest BCUT2D eigenvalue weighted by Gasteiger charge is 2.23. The predicted molar refractivity (Wildman–Crippen MR) is 103 cm³/mol. The van der Waals surface area contributed by atoms with Gasteiger partial charge in [0.1, 0.15) is 0 Å². The summed E-state index contributed by atoms with van der Waals surface area (Å²) in [5, 5.41) is 2.98. The summed E-state index contributed by atoms with van der Waals surface area (Å²) in [7, 11) is 0. The second-order valence-corrected chi connectivity index (χ2v) is 6.77. The first kappa shape index (κ1) is 18.1. The molecule has 2 amide bonds. The molecule has 0 aliphatic carbocycles. The van der Waals surface area contributed by atoms with Crippen LogP contribution in [0.15, 0.2) is 54.6 Å². The van der Waals surface area contributed by atoms with Crippen LogP contribution in [-0.4, -0.2) is 24.4 Å². The molecule has 0 spiro atoms. The molecule has 1 unspecified atom stereocenters. The average molecular weight is 351 g/mol. The van der Waals surface area contributed by atoms with E-state index in [1.807, 2.05) is 61.5 Å². The Morgan fingerprint density at radius 2 is 1.96 bits per heavy atom. The van der Waals surface area contributed by atoms with Crippen molar-refractivity contribution in [3.05, 3.63) is 65.7 Å². The van der Waals surface area contributed by atoms with Crippen LogP contribution in [0.5, 0.6) is 0 Å². The topological polar surface area (TPSA) is 75.4 Å². The molecule has 136 valence electrons. The third kappa shape index (κ3) is 4.29. The van der Waals surface area contributed by atoms with Gasteiger partial charge in [-0.05, 0) is 43.0 Å². The van der Waals surface area contributed by atoms with E-state index in [0.717, 1.165) is 29.8 Å². The van der Waals surface area contributed by atoms with Crippen LogP contribution in [-0.2, 0) is 16.0 Å². The van der Waals surface area contributed by atoms with Gasteiger partial charge in [-0.2, -0.15) is 0 Å². The maximum Gasteiger partial charge on any atom is 0.237 e. The molecule has 1 heterocycles. The molecule has 0 bridgehead atoms. The van der Waals surface area contributed by atoms with E-state index in [9.17, 15) is 9.59 Å². The van der Waals surface area contributed by atoms with Crippen LogP contribution in [0.4, 0.5) is 5.69 Å². The molecule has 1 aliphatic rings. The number of nitrogens with zero attached hydrogens (tertiary/aromatic N) is 1. The SMILES string of the molecule is CC(NC(=O)[C@@H](N)Cc1ccccc1)c1cccc(N2CCCC2=O)c1. The molecule has 1 saturated heterocycles. The van der Waals surface area contributed by atoms with E-state index < -0.39 is 6.04 Å². The fourth-order valence-electron chi connectivity index (χ4n) is 3.25. The van der Waals surface area contributed by atoms with Gasteiger partial charge in [0.25, 0.3) is 0 Å². The molecule has 3 N–H and O–H groups in total. The van der Waals surface area contributed by atoms with Gasteiger partial charge in [-0.15, -0.1) is 0 Å². The standard InChI is InChI=1S/C21H25N3O2/c1-15(23-21(26)19(22)13-16-7-3-2-4-8-16)17-9-5-10-18(14-17)24-12-6-11-20(24)25/h2-5,7-10,14-15,19H,6,11-13,22H2,1H3,(H,23,26)/t15?,19-/m0/s1. The Labute approximate surface area is 154 Å². The van der Waals surface area contributed by atoms with Crippen LogP contribution in [0, 0.1) is 0 Å². The van der Waals surface area contributed by atoms with Crippen molar-refractivity contribution in [3.63, 3.8) is 0 Å². The number of nitrogens with one attached hydrogen (secondary N) is 1. The van der Waals surface area contributed by atoms with Crippen LogP contribution in [0.3, 0.4) is 0 Å². The number of carbonyl (C=O) groups excluding carboxylic acids is 2. The Morgan fingerprint density at radius 1 is 1.19 bits per heavy atom. The number of hydrogen-bond acceptors (Lipinski definition) is 3. The highest BCUT2D eigenvalue weighted by atomic mass is 16.2. The Bertz CT molecular complexity index is 776. The molecule has 1 aliphatic heterocycles. The molecule has 0 saturated carbocycles. The lowest BCUT2D eigenvalue weighted by molar-refractivity contribution is -0.123. The second kappa shape index (κ2) is 8.15. The van der Waals surface area contributed by atoms with Crippen LogP contribution < -0.4 is 16.0 Å². The summed E-state index contributed by atoms with van der Waals surface area (Å²) in [5.74, 6) is -0.0206. The van der Waals surface area contributed by atoms with Crippen LogP contribution in [0.2, 0.25) is 0 Å². The van der Waals surface area contributed by atoms with E-state index >= 15 is 0 Å². The monoisotopic (exact) mass is 351 g/mol. The number of hydrogen-bond donors (Lipinski definition) is 2. The first-order valence-electron chi connectivity index (χ1n) is 9.05. The zero-order chi connectivity index (χ0) is 18.5. The fraction of sp³-hybridized carbons (Fsp3) is 0.333.